The number of aliphatic hydroxyl groups excluding tert-OH is 1. The van der Waals surface area contributed by atoms with Gasteiger partial charge in [0.25, 0.3) is 0 Å². The molecule has 9 heteroatoms. The van der Waals surface area contributed by atoms with Gasteiger partial charge in [-0.25, -0.2) is 4.79 Å². The number of aliphatic hydroxyl groups is 1. The Labute approximate surface area is 143 Å². The second kappa shape index (κ2) is 6.60. The van der Waals surface area contributed by atoms with Gasteiger partial charge in [-0.3, -0.25) is 9.59 Å². The summed E-state index contributed by atoms with van der Waals surface area (Å²) in [5.74, 6) is -1.74. The highest BCUT2D eigenvalue weighted by Crippen LogP contribution is 2.37. The minimum Gasteiger partial charge on any atom is -0.480 e. The van der Waals surface area contributed by atoms with Crippen molar-refractivity contribution in [1.82, 2.24) is 5.32 Å². The summed E-state index contributed by atoms with van der Waals surface area (Å²) in [5, 5.41) is 20.8. The van der Waals surface area contributed by atoms with Crippen LogP contribution in [0.4, 0.5) is 5.69 Å². The lowest BCUT2D eigenvalue weighted by molar-refractivity contribution is -0.145. The Bertz CT molecular complexity index is 718. The van der Waals surface area contributed by atoms with Crippen molar-refractivity contribution in [1.29, 1.82) is 0 Å². The predicted octanol–water partition coefficient (Wildman–Crippen LogP) is -0.282. The number of nitrogens with zero attached hydrogens (tertiary/aromatic N) is 1. The minimum atomic E-state index is -1.41. The molecule has 1 aromatic rings. The van der Waals surface area contributed by atoms with Crippen LogP contribution in [0.25, 0.3) is 0 Å². The van der Waals surface area contributed by atoms with Crippen LogP contribution in [-0.2, 0) is 14.4 Å². The van der Waals surface area contributed by atoms with Gasteiger partial charge in [-0.1, -0.05) is 0 Å². The third-order valence-electron chi connectivity index (χ3n) is 4.21. The molecule has 2 aliphatic rings. The van der Waals surface area contributed by atoms with Crippen molar-refractivity contribution >= 4 is 23.5 Å². The zero-order valence-electron chi connectivity index (χ0n) is 13.5. The van der Waals surface area contributed by atoms with Gasteiger partial charge in [0.15, 0.2) is 17.5 Å². The lowest BCUT2D eigenvalue weighted by Crippen LogP contribution is -2.49. The molecule has 2 aliphatic heterocycles. The van der Waals surface area contributed by atoms with E-state index < -0.39 is 29.9 Å². The van der Waals surface area contributed by atoms with Gasteiger partial charge in [0.2, 0.25) is 18.6 Å². The van der Waals surface area contributed by atoms with E-state index in [0.717, 1.165) is 0 Å². The molecule has 3 N–H and O–H groups in total. The van der Waals surface area contributed by atoms with Gasteiger partial charge in [0.1, 0.15) is 0 Å². The Hall–Kier alpha value is -2.81. The summed E-state index contributed by atoms with van der Waals surface area (Å²) in [4.78, 5) is 37.0. The Kier molecular flexibility index (Phi) is 4.49. The second-order valence-corrected chi connectivity index (χ2v) is 6.01. The molecule has 2 amide bonds. The van der Waals surface area contributed by atoms with Crippen molar-refractivity contribution in [3.05, 3.63) is 18.2 Å². The molecule has 1 aromatic carbocycles. The maximum absolute atomic E-state index is 12.3. The number of fused-ring (bicyclic) bond motifs is 1. The number of carbonyl (C=O) groups is 3. The zero-order valence-corrected chi connectivity index (χ0v) is 13.5. The first-order chi connectivity index (χ1) is 11.9. The molecule has 0 radical (unpaired) electrons. The van der Waals surface area contributed by atoms with Crippen LogP contribution in [0.5, 0.6) is 11.5 Å². The smallest absolute Gasteiger partial charge is 0.328 e. The molecule has 2 heterocycles. The summed E-state index contributed by atoms with van der Waals surface area (Å²) in [5.41, 5.74) is 0.579. The quantitative estimate of drug-likeness (QED) is 0.667. The molecule has 1 saturated heterocycles. The largest absolute Gasteiger partial charge is 0.480 e. The summed E-state index contributed by atoms with van der Waals surface area (Å²) in [7, 11) is 0. The summed E-state index contributed by atoms with van der Waals surface area (Å²) in [6.07, 6.45) is -1.28. The molecule has 0 saturated carbocycles. The van der Waals surface area contributed by atoms with Crippen molar-refractivity contribution < 1.29 is 34.1 Å². The van der Waals surface area contributed by atoms with Crippen molar-refractivity contribution in [2.45, 2.75) is 25.5 Å². The van der Waals surface area contributed by atoms with E-state index in [2.05, 4.69) is 5.32 Å². The van der Waals surface area contributed by atoms with E-state index in [1.807, 2.05) is 0 Å². The maximum Gasteiger partial charge on any atom is 0.328 e. The highest BCUT2D eigenvalue weighted by Gasteiger charge is 2.37. The van der Waals surface area contributed by atoms with Crippen molar-refractivity contribution in [2.24, 2.45) is 5.92 Å². The van der Waals surface area contributed by atoms with Gasteiger partial charge < -0.3 is 29.9 Å². The minimum absolute atomic E-state index is 0.0353. The molecule has 1 fully saturated rings. The number of nitrogens with one attached hydrogen (secondary N) is 1. The number of ether oxygens (including phenoxy) is 2. The van der Waals surface area contributed by atoms with E-state index >= 15 is 0 Å². The highest BCUT2D eigenvalue weighted by atomic mass is 16.7. The Morgan fingerprint density at radius 3 is 2.72 bits per heavy atom. The molecule has 3 rings (SSSR count). The van der Waals surface area contributed by atoms with Gasteiger partial charge in [-0.15, -0.1) is 0 Å². The number of benzene rings is 1. The van der Waals surface area contributed by atoms with Crippen molar-refractivity contribution in [2.75, 3.05) is 18.2 Å². The van der Waals surface area contributed by atoms with Crippen LogP contribution in [0.2, 0.25) is 0 Å². The predicted molar refractivity (Wildman–Crippen MR) is 84.3 cm³/mol. The molecule has 0 bridgehead atoms. The van der Waals surface area contributed by atoms with E-state index in [1.165, 1.54) is 11.8 Å². The zero-order chi connectivity index (χ0) is 18.1. The van der Waals surface area contributed by atoms with Gasteiger partial charge in [0, 0.05) is 24.7 Å². The first kappa shape index (κ1) is 17.0. The number of rotatable bonds is 5. The summed E-state index contributed by atoms with van der Waals surface area (Å²) in [6.45, 7) is 1.52. The molecular weight excluding hydrogens is 332 g/mol. The van der Waals surface area contributed by atoms with E-state index in [4.69, 9.17) is 14.6 Å². The Morgan fingerprint density at radius 2 is 2.04 bits per heavy atom. The van der Waals surface area contributed by atoms with Crippen LogP contribution in [-0.4, -0.2) is 53.5 Å². The molecule has 9 nitrogen and oxygen atoms in total. The fourth-order valence-electron chi connectivity index (χ4n) is 2.85. The first-order valence-corrected chi connectivity index (χ1v) is 7.78. The molecule has 134 valence electrons. The van der Waals surface area contributed by atoms with Crippen LogP contribution in [0, 0.1) is 5.92 Å². The highest BCUT2D eigenvalue weighted by molar-refractivity contribution is 6.01. The second-order valence-electron chi connectivity index (χ2n) is 6.01. The SMILES string of the molecule is CC(O)C(NC(=O)C1CC(=O)N(c2ccc3c(c2)OCO3)C1)C(=O)O. The fraction of sp³-hybridized carbons (Fsp3) is 0.438. The van der Waals surface area contributed by atoms with E-state index in [-0.39, 0.29) is 25.7 Å². The molecule has 0 aliphatic carbocycles. The molecular formula is C16H18N2O7. The molecule has 3 atom stereocenters. The van der Waals surface area contributed by atoms with Crippen LogP contribution in [0.3, 0.4) is 0 Å². The van der Waals surface area contributed by atoms with E-state index in [1.54, 1.807) is 18.2 Å². The van der Waals surface area contributed by atoms with Crippen LogP contribution < -0.4 is 19.7 Å². The van der Waals surface area contributed by atoms with Gasteiger partial charge in [-0.2, -0.15) is 0 Å². The third kappa shape index (κ3) is 3.36. The van der Waals surface area contributed by atoms with E-state index in [0.29, 0.717) is 17.2 Å². The lowest BCUT2D eigenvalue weighted by atomic mass is 10.1. The number of hydrogen-bond donors (Lipinski definition) is 3. The van der Waals surface area contributed by atoms with Crippen LogP contribution in [0.1, 0.15) is 13.3 Å². The molecule has 0 aromatic heterocycles. The number of carbonyl (C=O) groups excluding carboxylic acids is 2. The molecule has 3 unspecified atom stereocenters. The first-order valence-electron chi connectivity index (χ1n) is 7.78. The van der Waals surface area contributed by atoms with Crippen molar-refractivity contribution in [3.8, 4) is 11.5 Å². The van der Waals surface area contributed by atoms with Crippen molar-refractivity contribution in [3.63, 3.8) is 0 Å². The number of hydrogen-bond acceptors (Lipinski definition) is 6. The Morgan fingerprint density at radius 1 is 1.32 bits per heavy atom. The van der Waals surface area contributed by atoms with Crippen LogP contribution >= 0.6 is 0 Å². The van der Waals surface area contributed by atoms with Gasteiger partial charge >= 0.3 is 5.97 Å². The van der Waals surface area contributed by atoms with Gasteiger partial charge in [0.05, 0.1) is 12.0 Å². The standard InChI is InChI=1S/C16H18N2O7/c1-8(19)14(16(22)23)17-15(21)9-4-13(20)18(6-9)10-2-3-11-12(5-10)25-7-24-11/h2-3,5,8-9,14,19H,4,6-7H2,1H3,(H,17,21)(H,22,23). The third-order valence-corrected chi connectivity index (χ3v) is 4.21. The number of amides is 2. The van der Waals surface area contributed by atoms with Gasteiger partial charge in [-0.05, 0) is 19.1 Å². The average molecular weight is 350 g/mol. The Balaban J connectivity index is 1.70. The molecule has 0 spiro atoms. The number of aliphatic carboxylic acids is 1. The summed E-state index contributed by atoms with van der Waals surface area (Å²) < 4.78 is 10.5. The average Bonchev–Trinajstić information content (AvgIpc) is 3.17. The number of carboxylic acid groups (broad SMARTS) is 1. The maximum atomic E-state index is 12.3. The van der Waals surface area contributed by atoms with Crippen LogP contribution in [0.15, 0.2) is 18.2 Å². The number of carboxylic acids is 1. The molecule has 25 heavy (non-hydrogen) atoms. The normalized spacial score (nSPS) is 21.1. The topological polar surface area (TPSA) is 125 Å². The lowest BCUT2D eigenvalue weighted by Gasteiger charge is -2.20. The summed E-state index contributed by atoms with van der Waals surface area (Å²) in [6, 6.07) is 3.63. The number of anilines is 1. The monoisotopic (exact) mass is 350 g/mol. The summed E-state index contributed by atoms with van der Waals surface area (Å²) >= 11 is 0. The van der Waals surface area contributed by atoms with E-state index in [9.17, 15) is 19.5 Å². The fourth-order valence-corrected chi connectivity index (χ4v) is 2.85.